The Morgan fingerprint density at radius 2 is 1.78 bits per heavy atom. The number of rotatable bonds is 3. The summed E-state index contributed by atoms with van der Waals surface area (Å²) in [5, 5.41) is 2.54. The highest BCUT2D eigenvalue weighted by Gasteiger charge is 2.35. The van der Waals surface area contributed by atoms with Gasteiger partial charge in [0.15, 0.2) is 10.9 Å². The van der Waals surface area contributed by atoms with Crippen LogP contribution in [0.5, 0.6) is 0 Å². The summed E-state index contributed by atoms with van der Waals surface area (Å²) in [6.45, 7) is 0. The molecule has 1 N–H and O–H groups in total. The Bertz CT molecular complexity index is 1020. The molecule has 2 amide bonds. The molecule has 5 nitrogen and oxygen atoms in total. The topological polar surface area (TPSA) is 66.5 Å². The Hall–Kier alpha value is -2.97. The van der Waals surface area contributed by atoms with Crippen LogP contribution in [0, 0.1) is 11.6 Å². The second-order valence-electron chi connectivity index (χ2n) is 5.42. The van der Waals surface area contributed by atoms with Gasteiger partial charge < -0.3 is 0 Å². The Kier molecular flexibility index (Phi) is 5.11. The lowest BCUT2D eigenvalue weighted by molar-refractivity contribution is -0.122. The summed E-state index contributed by atoms with van der Waals surface area (Å²) in [6, 6.07) is 8.40. The Morgan fingerprint density at radius 3 is 2.41 bits per heavy atom. The van der Waals surface area contributed by atoms with Crippen molar-refractivity contribution in [2.24, 2.45) is 0 Å². The van der Waals surface area contributed by atoms with Crippen LogP contribution in [0.4, 0.5) is 14.5 Å². The van der Waals surface area contributed by atoms with Gasteiger partial charge in [-0.3, -0.25) is 24.6 Å². The van der Waals surface area contributed by atoms with Crippen molar-refractivity contribution in [3.05, 3.63) is 76.3 Å². The van der Waals surface area contributed by atoms with Crippen LogP contribution in [0.3, 0.4) is 0 Å². The molecule has 3 rings (SSSR count). The predicted octanol–water partition coefficient (Wildman–Crippen LogP) is 3.18. The Morgan fingerprint density at radius 1 is 1.11 bits per heavy atom. The maximum Gasteiger partial charge on any atom is 0.270 e. The number of hydrogen-bond acceptors (Lipinski definition) is 4. The van der Waals surface area contributed by atoms with Crippen LogP contribution in [0.2, 0.25) is 5.02 Å². The number of thiocarbonyl (C=S) groups is 1. The molecule has 0 spiro atoms. The van der Waals surface area contributed by atoms with Crippen LogP contribution in [0.15, 0.2) is 54.1 Å². The van der Waals surface area contributed by atoms with Gasteiger partial charge in [-0.15, -0.1) is 0 Å². The number of nitrogens with zero attached hydrogens (tertiary/aromatic N) is 1. The zero-order chi connectivity index (χ0) is 19.7. The van der Waals surface area contributed by atoms with E-state index < -0.39 is 40.4 Å². The highest BCUT2D eigenvalue weighted by atomic mass is 35.5. The average Bonchev–Trinajstić information content (AvgIpc) is 2.60. The van der Waals surface area contributed by atoms with Gasteiger partial charge in [-0.2, -0.15) is 0 Å². The second-order valence-corrected chi connectivity index (χ2v) is 6.25. The number of anilines is 1. The first-order valence-electron chi connectivity index (χ1n) is 7.44. The molecule has 0 saturated carbocycles. The molecule has 2 aromatic rings. The molecule has 0 aromatic heterocycles. The minimum atomic E-state index is -1.11. The third-order valence-electron chi connectivity index (χ3n) is 3.66. The van der Waals surface area contributed by atoms with Crippen molar-refractivity contribution in [1.29, 1.82) is 0 Å². The molecular weight excluding hydrogens is 398 g/mol. The van der Waals surface area contributed by atoms with E-state index in [4.69, 9.17) is 23.8 Å². The minimum absolute atomic E-state index is 0.176. The third kappa shape index (κ3) is 3.76. The summed E-state index contributed by atoms with van der Waals surface area (Å²) in [5.74, 6) is -4.68. The highest BCUT2D eigenvalue weighted by molar-refractivity contribution is 7.80. The SMILES string of the molecule is O=C1NC(=S)N(c2ccc(Cl)cc2)C(=O)/C1=C\C(=O)c1ccc(F)cc1F. The second kappa shape index (κ2) is 7.34. The number of ketones is 1. The van der Waals surface area contributed by atoms with Crippen LogP contribution in [-0.4, -0.2) is 22.7 Å². The monoisotopic (exact) mass is 406 g/mol. The normalized spacial score (nSPS) is 15.9. The fraction of sp³-hybridized carbons (Fsp3) is 0. The maximum absolute atomic E-state index is 13.8. The minimum Gasteiger partial charge on any atom is -0.298 e. The molecule has 1 aliphatic rings. The van der Waals surface area contributed by atoms with Crippen LogP contribution in [0.1, 0.15) is 10.4 Å². The predicted molar refractivity (Wildman–Crippen MR) is 98.5 cm³/mol. The lowest BCUT2D eigenvalue weighted by Crippen LogP contribution is -2.54. The van der Waals surface area contributed by atoms with Crippen LogP contribution in [-0.2, 0) is 9.59 Å². The summed E-state index contributed by atoms with van der Waals surface area (Å²) in [5.41, 5.74) is -0.691. The van der Waals surface area contributed by atoms with E-state index in [1.165, 1.54) is 24.3 Å². The van der Waals surface area contributed by atoms with Gasteiger partial charge in [0.25, 0.3) is 11.8 Å². The summed E-state index contributed by atoms with van der Waals surface area (Å²) in [7, 11) is 0. The average molecular weight is 407 g/mol. The molecule has 0 unspecified atom stereocenters. The van der Waals surface area contributed by atoms with E-state index in [0.29, 0.717) is 22.9 Å². The first-order valence-corrected chi connectivity index (χ1v) is 8.23. The fourth-order valence-electron chi connectivity index (χ4n) is 2.38. The Balaban J connectivity index is 1.98. The summed E-state index contributed by atoms with van der Waals surface area (Å²) in [6.07, 6.45) is 0.693. The van der Waals surface area contributed by atoms with E-state index in [2.05, 4.69) is 5.32 Å². The zero-order valence-electron chi connectivity index (χ0n) is 13.3. The van der Waals surface area contributed by atoms with Gasteiger partial charge in [-0.25, -0.2) is 8.78 Å². The third-order valence-corrected chi connectivity index (χ3v) is 4.20. The van der Waals surface area contributed by atoms with E-state index >= 15 is 0 Å². The van der Waals surface area contributed by atoms with E-state index in [0.717, 1.165) is 17.0 Å². The maximum atomic E-state index is 13.8. The number of carbonyl (C=O) groups is 3. The number of amides is 2. The van der Waals surface area contributed by atoms with E-state index in [1.807, 2.05) is 0 Å². The molecule has 0 radical (unpaired) electrons. The van der Waals surface area contributed by atoms with Crippen molar-refractivity contribution >= 4 is 52.2 Å². The quantitative estimate of drug-likeness (QED) is 0.368. The van der Waals surface area contributed by atoms with Crippen molar-refractivity contribution in [2.45, 2.75) is 0 Å². The number of benzene rings is 2. The molecule has 0 aliphatic carbocycles. The van der Waals surface area contributed by atoms with Crippen LogP contribution < -0.4 is 10.2 Å². The highest BCUT2D eigenvalue weighted by Crippen LogP contribution is 2.23. The summed E-state index contributed by atoms with van der Waals surface area (Å²) >= 11 is 10.8. The van der Waals surface area contributed by atoms with E-state index in [9.17, 15) is 23.2 Å². The van der Waals surface area contributed by atoms with Crippen LogP contribution in [0.25, 0.3) is 0 Å². The van der Waals surface area contributed by atoms with Gasteiger partial charge in [0.1, 0.15) is 17.2 Å². The molecule has 1 saturated heterocycles. The van der Waals surface area contributed by atoms with E-state index in [1.54, 1.807) is 0 Å². The van der Waals surface area contributed by atoms with Gasteiger partial charge in [-0.05, 0) is 48.6 Å². The standard InChI is InChI=1S/C18H9ClF2N2O3S/c19-9-1-4-11(5-2-9)23-17(26)13(16(25)22-18(23)27)8-15(24)12-6-3-10(20)7-14(12)21/h1-8H,(H,22,25,27)/b13-8-. The summed E-state index contributed by atoms with van der Waals surface area (Å²) < 4.78 is 26.8. The number of allylic oxidation sites excluding steroid dienone is 1. The Labute approximate surface area is 162 Å². The molecule has 0 atom stereocenters. The lowest BCUT2D eigenvalue weighted by atomic mass is 10.0. The number of nitrogens with one attached hydrogen (secondary N) is 1. The first-order chi connectivity index (χ1) is 12.8. The molecule has 1 aliphatic heterocycles. The van der Waals surface area contributed by atoms with Gasteiger partial charge in [0.05, 0.1) is 11.3 Å². The van der Waals surface area contributed by atoms with E-state index in [-0.39, 0.29) is 5.11 Å². The first kappa shape index (κ1) is 18.8. The summed E-state index contributed by atoms with van der Waals surface area (Å²) in [4.78, 5) is 38.1. The van der Waals surface area contributed by atoms with Crippen molar-refractivity contribution in [3.63, 3.8) is 0 Å². The largest absolute Gasteiger partial charge is 0.298 e. The fourth-order valence-corrected chi connectivity index (χ4v) is 2.79. The zero-order valence-corrected chi connectivity index (χ0v) is 14.9. The molecule has 9 heteroatoms. The van der Waals surface area contributed by atoms with Crippen molar-refractivity contribution < 1.29 is 23.2 Å². The number of carbonyl (C=O) groups excluding carboxylic acids is 3. The molecule has 136 valence electrons. The number of halogens is 3. The smallest absolute Gasteiger partial charge is 0.270 e. The van der Waals surface area contributed by atoms with Crippen molar-refractivity contribution in [3.8, 4) is 0 Å². The molecule has 0 bridgehead atoms. The molecule has 1 fully saturated rings. The van der Waals surface area contributed by atoms with Crippen molar-refractivity contribution in [1.82, 2.24) is 5.32 Å². The van der Waals surface area contributed by atoms with Gasteiger partial charge in [-0.1, -0.05) is 11.6 Å². The van der Waals surface area contributed by atoms with Crippen molar-refractivity contribution in [2.75, 3.05) is 4.90 Å². The molecular formula is C18H9ClF2N2O3S. The molecule has 27 heavy (non-hydrogen) atoms. The van der Waals surface area contributed by atoms with Gasteiger partial charge in [0.2, 0.25) is 0 Å². The van der Waals surface area contributed by atoms with Gasteiger partial charge >= 0.3 is 0 Å². The molecule has 1 heterocycles. The molecule has 2 aromatic carbocycles. The number of hydrogen-bond donors (Lipinski definition) is 1. The van der Waals surface area contributed by atoms with Crippen LogP contribution >= 0.6 is 23.8 Å². The van der Waals surface area contributed by atoms with Gasteiger partial charge in [0, 0.05) is 17.2 Å². The lowest BCUT2D eigenvalue weighted by Gasteiger charge is -2.28.